The number of hydrogen-bond donors (Lipinski definition) is 0. The molecule has 5 nitrogen and oxygen atoms in total. The van der Waals surface area contributed by atoms with Gasteiger partial charge in [0.2, 0.25) is 12.1 Å². The largest absolute Gasteiger partial charge is 0.374 e. The van der Waals surface area contributed by atoms with E-state index in [9.17, 15) is 4.79 Å². The van der Waals surface area contributed by atoms with E-state index in [0.29, 0.717) is 13.2 Å². The Labute approximate surface area is 147 Å². The van der Waals surface area contributed by atoms with Crippen molar-refractivity contribution in [2.24, 2.45) is 0 Å². The van der Waals surface area contributed by atoms with Crippen molar-refractivity contribution in [1.29, 1.82) is 0 Å². The van der Waals surface area contributed by atoms with Crippen molar-refractivity contribution in [3.63, 3.8) is 0 Å². The minimum Gasteiger partial charge on any atom is -0.374 e. The van der Waals surface area contributed by atoms with Crippen LogP contribution in [0.15, 0.2) is 60.7 Å². The smallest absolute Gasteiger partial charge is 0.220 e. The van der Waals surface area contributed by atoms with Gasteiger partial charge in [-0.25, -0.2) is 0 Å². The Morgan fingerprint density at radius 3 is 2.12 bits per heavy atom. The van der Waals surface area contributed by atoms with Gasteiger partial charge in [-0.05, 0) is 11.1 Å². The second-order valence-electron chi connectivity index (χ2n) is 5.86. The van der Waals surface area contributed by atoms with E-state index in [-0.39, 0.29) is 12.4 Å². The molecule has 1 heterocycles. The van der Waals surface area contributed by atoms with Crippen LogP contribution in [0.3, 0.4) is 0 Å². The summed E-state index contributed by atoms with van der Waals surface area (Å²) in [5.74, 6) is -0.202. The molecule has 0 saturated carbocycles. The topological polar surface area (TPSA) is 54.0 Å². The van der Waals surface area contributed by atoms with E-state index >= 15 is 0 Å². The lowest BCUT2D eigenvalue weighted by Crippen LogP contribution is -2.34. The molecule has 5 heteroatoms. The average molecular weight is 342 g/mol. The number of hydrogen-bond acceptors (Lipinski definition) is 5. The van der Waals surface area contributed by atoms with E-state index in [1.54, 1.807) is 0 Å². The van der Waals surface area contributed by atoms with E-state index < -0.39 is 18.5 Å². The van der Waals surface area contributed by atoms with Gasteiger partial charge in [-0.1, -0.05) is 60.7 Å². The number of ether oxygens (including phenoxy) is 4. The highest BCUT2D eigenvalue weighted by Crippen LogP contribution is 2.22. The SMILES string of the molecule is CO[C@@H]1O[C@H](COCc2ccccc2)[C@@H](OCc2ccccc2)C1=O. The second kappa shape index (κ2) is 8.87. The molecule has 132 valence electrons. The van der Waals surface area contributed by atoms with Gasteiger partial charge in [-0.15, -0.1) is 0 Å². The lowest BCUT2D eigenvalue weighted by Gasteiger charge is -2.17. The Hall–Kier alpha value is -2.05. The molecule has 0 spiro atoms. The molecule has 1 aliphatic rings. The third-order valence-corrected chi connectivity index (χ3v) is 4.03. The van der Waals surface area contributed by atoms with Gasteiger partial charge in [0.25, 0.3) is 0 Å². The summed E-state index contributed by atoms with van der Waals surface area (Å²) in [6.45, 7) is 1.06. The molecule has 3 atom stereocenters. The van der Waals surface area contributed by atoms with Crippen molar-refractivity contribution in [3.8, 4) is 0 Å². The Balaban J connectivity index is 1.56. The summed E-state index contributed by atoms with van der Waals surface area (Å²) in [6, 6.07) is 19.6. The third kappa shape index (κ3) is 4.74. The monoisotopic (exact) mass is 342 g/mol. The molecule has 25 heavy (non-hydrogen) atoms. The third-order valence-electron chi connectivity index (χ3n) is 4.03. The van der Waals surface area contributed by atoms with Gasteiger partial charge in [-0.3, -0.25) is 4.79 Å². The zero-order valence-electron chi connectivity index (χ0n) is 14.2. The fourth-order valence-corrected chi connectivity index (χ4v) is 2.73. The number of rotatable bonds is 8. The van der Waals surface area contributed by atoms with Gasteiger partial charge in [0.05, 0.1) is 19.8 Å². The average Bonchev–Trinajstić information content (AvgIpc) is 2.97. The first-order valence-corrected chi connectivity index (χ1v) is 8.27. The summed E-state index contributed by atoms with van der Waals surface area (Å²) in [5, 5.41) is 0. The minimum atomic E-state index is -0.897. The predicted octanol–water partition coefficient (Wildman–Crippen LogP) is 2.73. The van der Waals surface area contributed by atoms with Gasteiger partial charge >= 0.3 is 0 Å². The normalized spacial score (nSPS) is 23.1. The summed E-state index contributed by atoms with van der Waals surface area (Å²) in [4.78, 5) is 12.4. The summed E-state index contributed by atoms with van der Waals surface area (Å²) in [5.41, 5.74) is 2.07. The maximum Gasteiger partial charge on any atom is 0.220 e. The van der Waals surface area contributed by atoms with Crippen molar-refractivity contribution >= 4 is 5.78 Å². The highest BCUT2D eigenvalue weighted by molar-refractivity contribution is 5.88. The summed E-state index contributed by atoms with van der Waals surface area (Å²) in [6.07, 6.45) is -2.07. The van der Waals surface area contributed by atoms with Gasteiger partial charge in [0.15, 0.2) is 0 Å². The maximum atomic E-state index is 12.4. The molecule has 0 radical (unpaired) electrons. The van der Waals surface area contributed by atoms with Crippen molar-refractivity contribution in [3.05, 3.63) is 71.8 Å². The van der Waals surface area contributed by atoms with Crippen LogP contribution in [0, 0.1) is 0 Å². The number of ketones is 1. The number of carbonyl (C=O) groups excluding carboxylic acids is 1. The summed E-state index contributed by atoms with van der Waals surface area (Å²) < 4.78 is 22.3. The molecule has 3 rings (SSSR count). The van der Waals surface area contributed by atoms with Crippen LogP contribution in [0.4, 0.5) is 0 Å². The predicted molar refractivity (Wildman–Crippen MR) is 91.8 cm³/mol. The zero-order chi connectivity index (χ0) is 17.5. The van der Waals surface area contributed by atoms with Crippen LogP contribution in [0.2, 0.25) is 0 Å². The van der Waals surface area contributed by atoms with Crippen LogP contribution >= 0.6 is 0 Å². The fourth-order valence-electron chi connectivity index (χ4n) is 2.73. The second-order valence-corrected chi connectivity index (χ2v) is 5.86. The first-order valence-electron chi connectivity index (χ1n) is 8.27. The van der Waals surface area contributed by atoms with Crippen LogP contribution in [0.5, 0.6) is 0 Å². The lowest BCUT2D eigenvalue weighted by atomic mass is 10.1. The summed E-state index contributed by atoms with van der Waals surface area (Å²) in [7, 11) is 1.45. The van der Waals surface area contributed by atoms with E-state index in [0.717, 1.165) is 11.1 Å². The molecular weight excluding hydrogens is 320 g/mol. The van der Waals surface area contributed by atoms with Gasteiger partial charge in [-0.2, -0.15) is 0 Å². The van der Waals surface area contributed by atoms with Gasteiger partial charge in [0.1, 0.15) is 12.2 Å². The molecule has 2 aromatic rings. The molecule has 2 aromatic carbocycles. The van der Waals surface area contributed by atoms with Gasteiger partial charge in [0, 0.05) is 7.11 Å². The lowest BCUT2D eigenvalue weighted by molar-refractivity contribution is -0.154. The van der Waals surface area contributed by atoms with E-state index in [1.165, 1.54) is 7.11 Å². The van der Waals surface area contributed by atoms with Crippen molar-refractivity contribution in [2.45, 2.75) is 31.7 Å². The number of Topliss-reactive ketones (excluding diaryl/α,β-unsaturated/α-hetero) is 1. The Morgan fingerprint density at radius 1 is 0.920 bits per heavy atom. The molecule has 0 amide bonds. The van der Waals surface area contributed by atoms with Crippen LogP contribution in [-0.2, 0) is 37.0 Å². The molecule has 0 N–H and O–H groups in total. The summed E-state index contributed by atoms with van der Waals surface area (Å²) >= 11 is 0. The van der Waals surface area contributed by atoms with Crippen LogP contribution in [-0.4, -0.2) is 38.0 Å². The quantitative estimate of drug-likeness (QED) is 0.738. The first kappa shape index (κ1) is 17.8. The molecule has 1 saturated heterocycles. The van der Waals surface area contributed by atoms with Crippen molar-refractivity contribution in [2.75, 3.05) is 13.7 Å². The Morgan fingerprint density at radius 2 is 1.52 bits per heavy atom. The van der Waals surface area contributed by atoms with Crippen molar-refractivity contribution < 1.29 is 23.7 Å². The molecule has 1 aliphatic heterocycles. The fraction of sp³-hybridized carbons (Fsp3) is 0.350. The molecule has 0 aliphatic carbocycles. The number of methoxy groups -OCH3 is 1. The standard InChI is InChI=1S/C20H22O5/c1-22-20-18(21)19(24-13-16-10-6-3-7-11-16)17(25-20)14-23-12-15-8-4-2-5-9-15/h2-11,17,19-20H,12-14H2,1H3/t17-,19-,20-/m1/s1. The number of benzene rings is 2. The molecular formula is C20H22O5. The van der Waals surface area contributed by atoms with Gasteiger partial charge < -0.3 is 18.9 Å². The van der Waals surface area contributed by atoms with Crippen LogP contribution in [0.1, 0.15) is 11.1 Å². The molecule has 0 bridgehead atoms. The Bertz CT molecular complexity index is 658. The van der Waals surface area contributed by atoms with Crippen LogP contribution in [0.25, 0.3) is 0 Å². The van der Waals surface area contributed by atoms with Crippen molar-refractivity contribution in [1.82, 2.24) is 0 Å². The van der Waals surface area contributed by atoms with Crippen LogP contribution < -0.4 is 0 Å². The zero-order valence-corrected chi connectivity index (χ0v) is 14.2. The molecule has 0 aromatic heterocycles. The molecule has 1 fully saturated rings. The maximum absolute atomic E-state index is 12.4. The minimum absolute atomic E-state index is 0.202. The number of carbonyl (C=O) groups is 1. The van der Waals surface area contributed by atoms with E-state index in [2.05, 4.69) is 0 Å². The van der Waals surface area contributed by atoms with E-state index in [4.69, 9.17) is 18.9 Å². The molecule has 0 unspecified atom stereocenters. The Kier molecular flexibility index (Phi) is 6.30. The highest BCUT2D eigenvalue weighted by Gasteiger charge is 2.44. The highest BCUT2D eigenvalue weighted by atomic mass is 16.7. The van der Waals surface area contributed by atoms with E-state index in [1.807, 2.05) is 60.7 Å². The first-order chi connectivity index (χ1) is 12.3.